The second-order valence-corrected chi connectivity index (χ2v) is 28.6. The first-order valence-electron chi connectivity index (χ1n) is 46.9. The van der Waals surface area contributed by atoms with Gasteiger partial charge in [0, 0.05) is 146 Å². The minimum atomic E-state index is -2.09. The second kappa shape index (κ2) is 54.7. The molecular weight excluding hydrogens is 2310 g/mol. The van der Waals surface area contributed by atoms with E-state index < -0.39 is 27.4 Å². The summed E-state index contributed by atoms with van der Waals surface area (Å²) in [5.41, 5.74) is 28.6. The fraction of sp³-hybridized carbons (Fsp3) is 0.0588. The third-order valence-electron chi connectivity index (χ3n) is 19.2. The van der Waals surface area contributed by atoms with Crippen LogP contribution < -0.4 is 0 Å². The molecule has 8 aromatic heterocycles. The van der Waals surface area contributed by atoms with E-state index in [4.69, 9.17) is 16.4 Å². The largest absolute Gasteiger partial charge is 0.305 e. The van der Waals surface area contributed by atoms with Gasteiger partial charge in [-0.05, 0) is 173 Å². The SMILES string of the molecule is Cc1ccc(-c2[c-]ccc(-c3ccccc3)c2)nc1.Cc1ccc(-c2ccnc(-c3[c-]cccc3)c2)cc1.Cc1ccc(-c2ccnc(-c3[c-]cccc3)c2)cc1.[2H]C([2H])([2H])c1ccc(-c2[c-]cccc2)nc1.[2H]C([2H])([2H])c1ccc(-c2[c-]cccc2)nc1.[2H]C([2H])([2H])c1ccc(-c2[c-]cccc2)nc1.[2H]C([2H])([2H])c1ccc(-c2[c-]cccc2)nc1.[Ir].[Ir].[Ir].[Ir].[c-]1ccc(-c2ccccc2)cc1-c1ccccn1. The quantitative estimate of drug-likeness (QED) is 0.111. The normalized spacial score (nSPS) is 11.6. The van der Waals surface area contributed by atoms with Crippen molar-refractivity contribution in [1.82, 2.24) is 39.9 Å². The van der Waals surface area contributed by atoms with Gasteiger partial charge in [-0.3, -0.25) is 0 Å². The summed E-state index contributed by atoms with van der Waals surface area (Å²) in [4.78, 5) is 34.1. The molecule has 0 bridgehead atoms. The van der Waals surface area contributed by atoms with Gasteiger partial charge in [-0.25, -0.2) is 0 Å². The van der Waals surface area contributed by atoms with E-state index in [0.29, 0.717) is 0 Å². The van der Waals surface area contributed by atoms with Crippen molar-refractivity contribution >= 4 is 0 Å². The van der Waals surface area contributed by atoms with Crippen LogP contribution in [-0.2, 0) is 80.4 Å². The molecular formula is C119H94Ir4N8-8. The van der Waals surface area contributed by atoms with Crippen LogP contribution in [0.25, 0.3) is 135 Å². The van der Waals surface area contributed by atoms with Gasteiger partial charge < -0.3 is 39.9 Å². The Morgan fingerprint density at radius 3 is 0.687 bits per heavy atom. The predicted molar refractivity (Wildman–Crippen MR) is 523 cm³/mol. The monoisotopic (exact) mass is 2420 g/mol. The van der Waals surface area contributed by atoms with Gasteiger partial charge in [0.05, 0.1) is 0 Å². The molecule has 12 heteroatoms. The van der Waals surface area contributed by atoms with Crippen LogP contribution in [0.3, 0.4) is 0 Å². The standard InChI is InChI=1S/3C18H14N.C17H12N.4C12H10N.4Ir/c1-14-10-11-18(19-13-14)17-9-5-8-16(12-17)15-6-3-2-4-7-15;2*1-14-7-9-15(10-8-14)17-11-12-19-18(13-17)16-5-3-2-4-6-16;1-2-7-14(8-3-1)15-9-6-10-16(13-15)17-11-4-5-12-18-17;4*1-10-7-8-12(13-9-10)11-5-3-2-4-6-11;;;;/h2-8,10-13H,1H3;2*2-5,7-13H,1H3;1-9,11-13H;4*2-5,7-9H,1H3;;;;/q8*-1;;;;/i;;;;4*1D3;;;;. The first-order chi connectivity index (χ1) is 67.2. The molecule has 20 rings (SSSR count). The Bertz CT molecular complexity index is 6380. The molecule has 0 spiro atoms. The molecule has 0 fully saturated rings. The summed E-state index contributed by atoms with van der Waals surface area (Å²) < 4.78 is 86.8. The Morgan fingerprint density at radius 1 is 0.168 bits per heavy atom. The van der Waals surface area contributed by atoms with Crippen LogP contribution in [-0.4, -0.2) is 39.9 Å². The Labute approximate surface area is 844 Å². The molecule has 131 heavy (non-hydrogen) atoms. The molecule has 12 aromatic carbocycles. The van der Waals surface area contributed by atoms with E-state index in [1.165, 1.54) is 86.0 Å². The molecule has 0 amide bonds. The summed E-state index contributed by atoms with van der Waals surface area (Å²) in [5, 5.41) is 0. The molecule has 0 aliphatic rings. The van der Waals surface area contributed by atoms with Crippen LogP contribution in [0.4, 0.5) is 0 Å². The first-order valence-corrected chi connectivity index (χ1v) is 40.9. The molecule has 0 saturated carbocycles. The maximum atomic E-state index is 7.23. The zero-order valence-electron chi connectivity index (χ0n) is 83.6. The third kappa shape index (κ3) is 32.6. The van der Waals surface area contributed by atoms with Crippen molar-refractivity contribution in [3.63, 3.8) is 0 Å². The molecule has 0 N–H and O–H groups in total. The van der Waals surface area contributed by atoms with Crippen molar-refractivity contribution in [2.75, 3.05) is 0 Å². The van der Waals surface area contributed by atoms with E-state index in [1.807, 2.05) is 220 Å². The number of aromatic nitrogens is 8. The summed E-state index contributed by atoms with van der Waals surface area (Å²) in [6, 6.07) is 152. The zero-order chi connectivity index (χ0) is 97.8. The molecule has 20 aromatic rings. The van der Waals surface area contributed by atoms with E-state index in [1.54, 1.807) is 79.0 Å². The predicted octanol–water partition coefficient (Wildman–Crippen LogP) is 29.2. The van der Waals surface area contributed by atoms with Crippen LogP contribution in [0.15, 0.2) is 444 Å². The van der Waals surface area contributed by atoms with Gasteiger partial charge in [-0.1, -0.05) is 205 Å². The summed E-state index contributed by atoms with van der Waals surface area (Å²) in [6.45, 7) is -2.13. The minimum Gasteiger partial charge on any atom is -0.305 e. The van der Waals surface area contributed by atoms with Crippen LogP contribution in [0.5, 0.6) is 0 Å². The molecule has 8 heterocycles. The summed E-state index contributed by atoms with van der Waals surface area (Å²) in [7, 11) is 0. The number of nitrogens with zero attached hydrogens (tertiary/aromatic N) is 8. The van der Waals surface area contributed by atoms with E-state index in [9.17, 15) is 0 Å². The first kappa shape index (κ1) is 84.3. The minimum absolute atomic E-state index is 0. The number of pyridine rings is 8. The molecule has 0 atom stereocenters. The van der Waals surface area contributed by atoms with Crippen LogP contribution in [0.2, 0.25) is 0 Å². The van der Waals surface area contributed by atoms with Crippen LogP contribution in [0.1, 0.15) is 55.4 Å². The average molecular weight is 2420 g/mol. The molecule has 4 radical (unpaired) electrons. The van der Waals surface area contributed by atoms with E-state index >= 15 is 0 Å². The van der Waals surface area contributed by atoms with Gasteiger partial charge in [0.25, 0.3) is 0 Å². The van der Waals surface area contributed by atoms with Crippen LogP contribution in [0, 0.1) is 96.7 Å². The van der Waals surface area contributed by atoms with Gasteiger partial charge in [-0.15, -0.1) is 286 Å². The number of rotatable bonds is 12. The van der Waals surface area contributed by atoms with Gasteiger partial charge in [0.15, 0.2) is 0 Å². The molecule has 0 aliphatic carbocycles. The summed E-state index contributed by atoms with van der Waals surface area (Å²) in [5.74, 6) is 0. The molecule has 0 unspecified atom stereocenters. The second-order valence-electron chi connectivity index (χ2n) is 28.6. The van der Waals surface area contributed by atoms with Gasteiger partial charge in [0.2, 0.25) is 0 Å². The molecule has 0 saturated heterocycles. The van der Waals surface area contributed by atoms with E-state index in [-0.39, 0.29) is 103 Å². The van der Waals surface area contributed by atoms with Crippen molar-refractivity contribution < 1.29 is 96.9 Å². The molecule has 654 valence electrons. The summed E-state index contributed by atoms with van der Waals surface area (Å²) in [6.07, 6.45) is 13.0. The van der Waals surface area contributed by atoms with Crippen molar-refractivity contribution in [3.8, 4) is 135 Å². The number of hydrogen-bond acceptors (Lipinski definition) is 8. The van der Waals surface area contributed by atoms with Crippen molar-refractivity contribution in [1.29, 1.82) is 0 Å². The fourth-order valence-corrected chi connectivity index (χ4v) is 12.5. The van der Waals surface area contributed by atoms with Crippen LogP contribution >= 0.6 is 0 Å². The average Bonchev–Trinajstić information content (AvgIpc) is 0.813. The zero-order valence-corrected chi connectivity index (χ0v) is 81.1. The van der Waals surface area contributed by atoms with Crippen molar-refractivity contribution in [2.45, 2.75) is 48.2 Å². The van der Waals surface area contributed by atoms with Crippen molar-refractivity contribution in [2.24, 2.45) is 0 Å². The number of aryl methyl sites for hydroxylation is 7. The number of hydrogen-bond donors (Lipinski definition) is 0. The molecule has 0 aliphatic heterocycles. The van der Waals surface area contributed by atoms with Gasteiger partial charge >= 0.3 is 0 Å². The van der Waals surface area contributed by atoms with Gasteiger partial charge in [-0.2, -0.15) is 0 Å². The smallest absolute Gasteiger partial charge is 0.0280 e. The van der Waals surface area contributed by atoms with E-state index in [2.05, 4.69) is 230 Å². The topological polar surface area (TPSA) is 103 Å². The Hall–Kier alpha value is -13.6. The third-order valence-corrected chi connectivity index (χ3v) is 19.2. The van der Waals surface area contributed by atoms with E-state index in [0.717, 1.165) is 90.1 Å². The Kier molecular flexibility index (Phi) is 35.2. The Morgan fingerprint density at radius 2 is 0.412 bits per heavy atom. The summed E-state index contributed by atoms with van der Waals surface area (Å²) >= 11 is 0. The number of benzene rings is 12. The maximum Gasteiger partial charge on any atom is 0.0280 e. The fourth-order valence-electron chi connectivity index (χ4n) is 12.5. The Balaban J connectivity index is 0.000000182. The molecule has 8 nitrogen and oxygen atoms in total. The maximum absolute atomic E-state index is 7.23. The van der Waals surface area contributed by atoms with Crippen molar-refractivity contribution in [3.05, 3.63) is 531 Å². The van der Waals surface area contributed by atoms with Gasteiger partial charge in [0.1, 0.15) is 0 Å².